The van der Waals surface area contributed by atoms with Crippen molar-refractivity contribution in [3.63, 3.8) is 0 Å². The molecule has 0 atom stereocenters. The lowest BCUT2D eigenvalue weighted by Gasteiger charge is -2.06. The molecule has 5 nitrogen and oxygen atoms in total. The van der Waals surface area contributed by atoms with Gasteiger partial charge >= 0.3 is 0 Å². The van der Waals surface area contributed by atoms with Crippen LogP contribution in [0.2, 0.25) is 5.28 Å². The van der Waals surface area contributed by atoms with Crippen LogP contribution in [-0.4, -0.2) is 38.5 Å². The predicted molar refractivity (Wildman–Crippen MR) is 82.0 cm³/mol. The van der Waals surface area contributed by atoms with Crippen molar-refractivity contribution in [1.82, 2.24) is 19.9 Å². The van der Waals surface area contributed by atoms with E-state index in [9.17, 15) is 0 Å². The van der Waals surface area contributed by atoms with Crippen molar-refractivity contribution in [1.29, 1.82) is 0 Å². The molecule has 104 valence electrons. The normalized spacial score (nSPS) is 11.1. The number of imidazole rings is 1. The first-order valence-corrected chi connectivity index (χ1v) is 8.18. The molecule has 0 aromatic carbocycles. The SMILES string of the molecule is CSCCCCCCNc1nc(Cl)nc2nc[nH]c12. The number of unbranched alkanes of at least 4 members (excludes halogenated alkanes) is 3. The highest BCUT2D eigenvalue weighted by Crippen LogP contribution is 2.18. The molecule has 2 aromatic heterocycles. The van der Waals surface area contributed by atoms with Gasteiger partial charge in [-0.1, -0.05) is 12.8 Å². The van der Waals surface area contributed by atoms with Crippen LogP contribution in [-0.2, 0) is 0 Å². The maximum atomic E-state index is 5.86. The number of thioether (sulfide) groups is 1. The Hall–Kier alpha value is -1.01. The van der Waals surface area contributed by atoms with Crippen LogP contribution in [0.15, 0.2) is 6.33 Å². The van der Waals surface area contributed by atoms with Gasteiger partial charge in [0.15, 0.2) is 11.5 Å². The van der Waals surface area contributed by atoms with E-state index in [1.807, 2.05) is 11.8 Å². The summed E-state index contributed by atoms with van der Waals surface area (Å²) >= 11 is 7.77. The Balaban J connectivity index is 1.79. The summed E-state index contributed by atoms with van der Waals surface area (Å²) in [6, 6.07) is 0. The van der Waals surface area contributed by atoms with Gasteiger partial charge in [-0.2, -0.15) is 21.7 Å². The molecule has 2 heterocycles. The van der Waals surface area contributed by atoms with Gasteiger partial charge in [0.25, 0.3) is 0 Å². The molecule has 0 aliphatic rings. The Morgan fingerprint density at radius 1 is 1.26 bits per heavy atom. The number of nitrogens with one attached hydrogen (secondary N) is 2. The molecule has 0 aliphatic carbocycles. The zero-order chi connectivity index (χ0) is 13.5. The van der Waals surface area contributed by atoms with Crippen LogP contribution < -0.4 is 5.32 Å². The number of nitrogens with zero attached hydrogens (tertiary/aromatic N) is 3. The molecule has 0 fully saturated rings. The third-order valence-corrected chi connectivity index (χ3v) is 3.69. The van der Waals surface area contributed by atoms with Crippen LogP contribution in [0.5, 0.6) is 0 Å². The van der Waals surface area contributed by atoms with E-state index in [4.69, 9.17) is 11.6 Å². The van der Waals surface area contributed by atoms with E-state index in [-0.39, 0.29) is 5.28 Å². The van der Waals surface area contributed by atoms with E-state index >= 15 is 0 Å². The van der Waals surface area contributed by atoms with E-state index < -0.39 is 0 Å². The molecular weight excluding hydrogens is 282 g/mol. The molecule has 0 saturated heterocycles. The first kappa shape index (κ1) is 14.4. The number of hydrogen-bond acceptors (Lipinski definition) is 5. The van der Waals surface area contributed by atoms with Gasteiger partial charge in [-0.15, -0.1) is 0 Å². The zero-order valence-corrected chi connectivity index (χ0v) is 12.5. The monoisotopic (exact) mass is 299 g/mol. The maximum absolute atomic E-state index is 5.86. The van der Waals surface area contributed by atoms with E-state index in [0.29, 0.717) is 5.65 Å². The third kappa shape index (κ3) is 4.24. The van der Waals surface area contributed by atoms with E-state index in [2.05, 4.69) is 31.5 Å². The van der Waals surface area contributed by atoms with Gasteiger partial charge in [0.05, 0.1) is 6.33 Å². The van der Waals surface area contributed by atoms with Crippen molar-refractivity contribution >= 4 is 40.3 Å². The number of aromatic nitrogens is 4. The minimum absolute atomic E-state index is 0.224. The van der Waals surface area contributed by atoms with Gasteiger partial charge < -0.3 is 10.3 Å². The molecule has 2 aromatic rings. The van der Waals surface area contributed by atoms with Gasteiger partial charge in [0.2, 0.25) is 5.28 Å². The largest absolute Gasteiger partial charge is 0.368 e. The Morgan fingerprint density at radius 3 is 2.95 bits per heavy atom. The fourth-order valence-electron chi connectivity index (χ4n) is 1.87. The summed E-state index contributed by atoms with van der Waals surface area (Å²) in [6.45, 7) is 0.890. The number of halogens is 1. The molecule has 0 saturated carbocycles. The first-order valence-electron chi connectivity index (χ1n) is 6.40. The third-order valence-electron chi connectivity index (χ3n) is 2.83. The average Bonchev–Trinajstić information content (AvgIpc) is 2.85. The van der Waals surface area contributed by atoms with Crippen molar-refractivity contribution in [3.05, 3.63) is 11.6 Å². The molecule has 0 radical (unpaired) electrons. The molecule has 0 aliphatic heterocycles. The van der Waals surface area contributed by atoms with Crippen LogP contribution in [0.25, 0.3) is 11.2 Å². The summed E-state index contributed by atoms with van der Waals surface area (Å²) in [5.74, 6) is 1.99. The summed E-state index contributed by atoms with van der Waals surface area (Å²) in [5.41, 5.74) is 1.41. The quantitative estimate of drug-likeness (QED) is 0.578. The van der Waals surface area contributed by atoms with Crippen molar-refractivity contribution in [2.45, 2.75) is 25.7 Å². The van der Waals surface area contributed by atoms with Crippen LogP contribution in [0.3, 0.4) is 0 Å². The van der Waals surface area contributed by atoms with Crippen LogP contribution in [0.1, 0.15) is 25.7 Å². The second kappa shape index (κ2) is 7.55. The summed E-state index contributed by atoms with van der Waals surface area (Å²) in [5, 5.41) is 3.52. The number of anilines is 1. The van der Waals surface area contributed by atoms with Gasteiger partial charge in [0.1, 0.15) is 5.52 Å². The fraction of sp³-hybridized carbons (Fsp3) is 0.583. The van der Waals surface area contributed by atoms with E-state index in [1.54, 1.807) is 6.33 Å². The van der Waals surface area contributed by atoms with Gasteiger partial charge in [0, 0.05) is 6.54 Å². The number of aromatic amines is 1. The van der Waals surface area contributed by atoms with Crippen LogP contribution in [0, 0.1) is 0 Å². The molecule has 19 heavy (non-hydrogen) atoms. The number of hydrogen-bond donors (Lipinski definition) is 2. The topological polar surface area (TPSA) is 66.5 Å². The summed E-state index contributed by atoms with van der Waals surface area (Å²) < 4.78 is 0. The van der Waals surface area contributed by atoms with Crippen LogP contribution >= 0.6 is 23.4 Å². The lowest BCUT2D eigenvalue weighted by atomic mass is 10.2. The van der Waals surface area contributed by atoms with Crippen molar-refractivity contribution < 1.29 is 0 Å². The van der Waals surface area contributed by atoms with E-state index in [1.165, 1.54) is 25.0 Å². The number of rotatable bonds is 8. The Labute approximate surface area is 122 Å². The molecule has 0 spiro atoms. The lowest BCUT2D eigenvalue weighted by Crippen LogP contribution is -2.05. The highest BCUT2D eigenvalue weighted by Gasteiger charge is 2.07. The zero-order valence-electron chi connectivity index (χ0n) is 10.9. The average molecular weight is 300 g/mol. The van der Waals surface area contributed by atoms with Crippen LogP contribution in [0.4, 0.5) is 5.82 Å². The summed E-state index contributed by atoms with van der Waals surface area (Å²) in [6.07, 6.45) is 8.70. The smallest absolute Gasteiger partial charge is 0.226 e. The Bertz CT molecular complexity index is 516. The van der Waals surface area contributed by atoms with E-state index in [0.717, 1.165) is 24.3 Å². The molecule has 2 rings (SSSR count). The molecule has 0 amide bonds. The fourth-order valence-corrected chi connectivity index (χ4v) is 2.52. The highest BCUT2D eigenvalue weighted by atomic mass is 35.5. The van der Waals surface area contributed by atoms with Gasteiger partial charge in [-0.25, -0.2) is 4.98 Å². The first-order chi connectivity index (χ1) is 9.31. The predicted octanol–water partition coefficient (Wildman–Crippen LogP) is 3.34. The highest BCUT2D eigenvalue weighted by molar-refractivity contribution is 7.98. The Kier molecular flexibility index (Phi) is 5.72. The lowest BCUT2D eigenvalue weighted by molar-refractivity contribution is 0.688. The second-order valence-electron chi connectivity index (χ2n) is 4.28. The van der Waals surface area contributed by atoms with Gasteiger partial charge in [-0.3, -0.25) is 0 Å². The van der Waals surface area contributed by atoms with Crippen molar-refractivity contribution in [2.24, 2.45) is 0 Å². The Morgan fingerprint density at radius 2 is 2.11 bits per heavy atom. The summed E-state index contributed by atoms with van der Waals surface area (Å²) in [7, 11) is 0. The number of H-pyrrole nitrogens is 1. The molecule has 7 heteroatoms. The van der Waals surface area contributed by atoms with Crippen molar-refractivity contribution in [2.75, 3.05) is 23.9 Å². The molecule has 0 bridgehead atoms. The summed E-state index contributed by atoms with van der Waals surface area (Å²) in [4.78, 5) is 15.3. The minimum Gasteiger partial charge on any atom is -0.368 e. The van der Waals surface area contributed by atoms with Crippen molar-refractivity contribution in [3.8, 4) is 0 Å². The second-order valence-corrected chi connectivity index (χ2v) is 5.60. The minimum atomic E-state index is 0.224. The molecule has 2 N–H and O–H groups in total. The standard InChI is InChI=1S/C12H18ClN5S/c1-19-7-5-3-2-4-6-14-10-9-11(16-8-15-9)18-12(13)17-10/h8H,2-7H2,1H3,(H2,14,15,16,17,18). The molecule has 0 unspecified atom stereocenters. The van der Waals surface area contributed by atoms with Gasteiger partial charge in [-0.05, 0) is 36.5 Å². The maximum Gasteiger partial charge on any atom is 0.226 e. The number of fused-ring (bicyclic) bond motifs is 1. The molecular formula is C12H18ClN5S.